The molecule has 0 aliphatic rings. The first-order valence-electron chi connectivity index (χ1n) is 8.41. The molecule has 0 aliphatic carbocycles. The van der Waals surface area contributed by atoms with Gasteiger partial charge in [-0.1, -0.05) is 49.0 Å². The van der Waals surface area contributed by atoms with Gasteiger partial charge in [0.2, 0.25) is 5.91 Å². The molecule has 0 saturated heterocycles. The molecule has 8 nitrogen and oxygen atoms in total. The molecule has 1 atom stereocenters. The molecule has 1 aromatic heterocycles. The average Bonchev–Trinajstić information content (AvgIpc) is 2.98. The number of urea groups is 1. The number of thioether (sulfide) groups is 1. The Kier molecular flexibility index (Phi) is 7.46. The number of carbonyl (C=O) groups excluding carboxylic acids is 2. The summed E-state index contributed by atoms with van der Waals surface area (Å²) in [7, 11) is 0. The van der Waals surface area contributed by atoms with E-state index in [1.54, 1.807) is 0 Å². The Morgan fingerprint density at radius 2 is 2.04 bits per heavy atom. The Hall–Kier alpha value is -2.55. The lowest BCUT2D eigenvalue weighted by atomic mass is 10.1. The fraction of sp³-hybridized carbons (Fsp3) is 0.412. The third-order valence-electron chi connectivity index (χ3n) is 3.77. The van der Waals surface area contributed by atoms with Gasteiger partial charge in [0.05, 0.1) is 5.75 Å². The average molecular weight is 377 g/mol. The fourth-order valence-corrected chi connectivity index (χ4v) is 2.92. The van der Waals surface area contributed by atoms with Crippen molar-refractivity contribution in [3.63, 3.8) is 0 Å². The maximum absolute atomic E-state index is 11.9. The van der Waals surface area contributed by atoms with Gasteiger partial charge < -0.3 is 5.32 Å². The van der Waals surface area contributed by atoms with Gasteiger partial charge in [-0.2, -0.15) is 0 Å². The van der Waals surface area contributed by atoms with Crippen molar-refractivity contribution in [3.05, 3.63) is 46.4 Å². The molecule has 3 amide bonds. The zero-order valence-corrected chi connectivity index (χ0v) is 15.6. The highest BCUT2D eigenvalue weighted by atomic mass is 32.2. The summed E-state index contributed by atoms with van der Waals surface area (Å²) in [6.45, 7) is 4.25. The fourth-order valence-electron chi connectivity index (χ4n) is 2.15. The molecule has 0 spiro atoms. The van der Waals surface area contributed by atoms with Crippen LogP contribution in [0.2, 0.25) is 0 Å². The molecular formula is C17H23N5O3S. The molecule has 0 unspecified atom stereocenters. The van der Waals surface area contributed by atoms with Gasteiger partial charge in [0.25, 0.3) is 0 Å². The maximum atomic E-state index is 11.9. The molecule has 0 aliphatic heterocycles. The number of hydrogen-bond donors (Lipinski definition) is 3. The highest BCUT2D eigenvalue weighted by Gasteiger charge is 2.14. The maximum Gasteiger partial charge on any atom is 0.343 e. The molecule has 9 heteroatoms. The van der Waals surface area contributed by atoms with Crippen molar-refractivity contribution >= 4 is 23.7 Å². The molecule has 0 fully saturated rings. The molecule has 0 saturated carbocycles. The third kappa shape index (κ3) is 6.07. The van der Waals surface area contributed by atoms with Crippen LogP contribution in [0.3, 0.4) is 0 Å². The quantitative estimate of drug-likeness (QED) is 0.605. The van der Waals surface area contributed by atoms with Crippen LogP contribution in [0.15, 0.2) is 40.3 Å². The van der Waals surface area contributed by atoms with Crippen molar-refractivity contribution in [2.75, 3.05) is 5.75 Å². The number of aromatic nitrogens is 3. The van der Waals surface area contributed by atoms with Gasteiger partial charge in [0, 0.05) is 12.6 Å². The van der Waals surface area contributed by atoms with Gasteiger partial charge in [0.1, 0.15) is 0 Å². The lowest BCUT2D eigenvalue weighted by molar-refractivity contribution is -0.117. The second-order valence-electron chi connectivity index (χ2n) is 5.82. The van der Waals surface area contributed by atoms with E-state index in [4.69, 9.17) is 0 Å². The number of aryl methyl sites for hydroxylation is 1. The van der Waals surface area contributed by atoms with E-state index in [0.717, 1.165) is 23.7 Å². The standard InChI is InChI=1S/C17H23N5O3S/c1-3-12(2)18-15(24)19-14(23)11-26-17-21-20-16(25)22(17)10-9-13-7-5-4-6-8-13/h4-8,12H,3,9-11H2,1-2H3,(H,20,25)(H2,18,19,23,24)/t12-/m1/s1. The topological polar surface area (TPSA) is 109 Å². The summed E-state index contributed by atoms with van der Waals surface area (Å²) in [4.78, 5) is 35.4. The van der Waals surface area contributed by atoms with Crippen molar-refractivity contribution in [2.24, 2.45) is 0 Å². The molecule has 26 heavy (non-hydrogen) atoms. The Labute approximate surface area is 155 Å². The smallest absolute Gasteiger partial charge is 0.335 e. The number of amides is 3. The molecule has 3 N–H and O–H groups in total. The number of nitrogens with one attached hydrogen (secondary N) is 3. The minimum absolute atomic E-state index is 0.00930. The largest absolute Gasteiger partial charge is 0.343 e. The monoisotopic (exact) mass is 377 g/mol. The van der Waals surface area contributed by atoms with Gasteiger partial charge in [-0.05, 0) is 25.3 Å². The van der Waals surface area contributed by atoms with Gasteiger partial charge >= 0.3 is 11.7 Å². The summed E-state index contributed by atoms with van der Waals surface area (Å²) in [6.07, 6.45) is 1.45. The van der Waals surface area contributed by atoms with E-state index >= 15 is 0 Å². The van der Waals surface area contributed by atoms with Gasteiger partial charge in [-0.3, -0.25) is 14.7 Å². The lowest BCUT2D eigenvalue weighted by Gasteiger charge is -2.11. The van der Waals surface area contributed by atoms with E-state index in [2.05, 4.69) is 20.8 Å². The number of hydrogen-bond acceptors (Lipinski definition) is 5. The normalized spacial score (nSPS) is 11.8. The van der Waals surface area contributed by atoms with Crippen LogP contribution in [0.1, 0.15) is 25.8 Å². The van der Waals surface area contributed by atoms with Crippen LogP contribution < -0.4 is 16.3 Å². The van der Waals surface area contributed by atoms with E-state index < -0.39 is 11.9 Å². The van der Waals surface area contributed by atoms with Crippen LogP contribution in [-0.4, -0.2) is 38.5 Å². The summed E-state index contributed by atoms with van der Waals surface area (Å²) in [5, 5.41) is 11.7. The molecule has 140 valence electrons. The Bertz CT molecular complexity index is 787. The zero-order valence-electron chi connectivity index (χ0n) is 14.8. The molecule has 1 aromatic carbocycles. The van der Waals surface area contributed by atoms with Gasteiger partial charge in [0.15, 0.2) is 5.16 Å². The Morgan fingerprint density at radius 1 is 1.31 bits per heavy atom. The van der Waals surface area contributed by atoms with E-state index in [0.29, 0.717) is 18.1 Å². The number of carbonyl (C=O) groups is 2. The van der Waals surface area contributed by atoms with Crippen LogP contribution in [0.25, 0.3) is 0 Å². The summed E-state index contributed by atoms with van der Waals surface area (Å²) in [6, 6.07) is 9.27. The summed E-state index contributed by atoms with van der Waals surface area (Å²) in [5.74, 6) is -0.454. The first-order chi connectivity index (χ1) is 12.5. The van der Waals surface area contributed by atoms with E-state index in [9.17, 15) is 14.4 Å². The van der Waals surface area contributed by atoms with Crippen LogP contribution >= 0.6 is 11.8 Å². The molecular weight excluding hydrogens is 354 g/mol. The van der Waals surface area contributed by atoms with Crippen molar-refractivity contribution in [1.82, 2.24) is 25.4 Å². The second-order valence-corrected chi connectivity index (χ2v) is 6.76. The Morgan fingerprint density at radius 3 is 2.73 bits per heavy atom. The molecule has 1 heterocycles. The molecule has 2 rings (SSSR count). The van der Waals surface area contributed by atoms with E-state index in [1.165, 1.54) is 4.57 Å². The number of aromatic amines is 1. The van der Waals surface area contributed by atoms with Crippen molar-refractivity contribution in [3.8, 4) is 0 Å². The summed E-state index contributed by atoms with van der Waals surface area (Å²) < 4.78 is 1.49. The molecule has 0 radical (unpaired) electrons. The SMILES string of the molecule is CC[C@@H](C)NC(=O)NC(=O)CSc1n[nH]c(=O)n1CCc1ccccc1. The van der Waals surface area contributed by atoms with Crippen molar-refractivity contribution in [2.45, 2.75) is 44.4 Å². The number of benzene rings is 1. The second kappa shape index (κ2) is 9.81. The van der Waals surface area contributed by atoms with Crippen LogP contribution in [0.4, 0.5) is 4.79 Å². The number of rotatable bonds is 8. The highest BCUT2D eigenvalue weighted by molar-refractivity contribution is 7.99. The highest BCUT2D eigenvalue weighted by Crippen LogP contribution is 2.13. The number of nitrogens with zero attached hydrogens (tertiary/aromatic N) is 2. The Balaban J connectivity index is 1.87. The predicted octanol–water partition coefficient (Wildman–Crippen LogP) is 1.53. The number of imide groups is 1. The van der Waals surface area contributed by atoms with E-state index in [-0.39, 0.29) is 17.5 Å². The summed E-state index contributed by atoms with van der Waals surface area (Å²) >= 11 is 1.11. The third-order valence-corrected chi connectivity index (χ3v) is 4.74. The minimum Gasteiger partial charge on any atom is -0.335 e. The molecule has 2 aromatic rings. The predicted molar refractivity (Wildman–Crippen MR) is 100 cm³/mol. The van der Waals surface area contributed by atoms with Gasteiger partial charge in [-0.15, -0.1) is 5.10 Å². The first-order valence-corrected chi connectivity index (χ1v) is 9.40. The van der Waals surface area contributed by atoms with E-state index in [1.807, 2.05) is 44.2 Å². The number of H-pyrrole nitrogens is 1. The first kappa shape index (κ1) is 19.8. The van der Waals surface area contributed by atoms with Crippen molar-refractivity contribution in [1.29, 1.82) is 0 Å². The van der Waals surface area contributed by atoms with Crippen molar-refractivity contribution < 1.29 is 9.59 Å². The minimum atomic E-state index is -0.520. The summed E-state index contributed by atoms with van der Waals surface area (Å²) in [5.41, 5.74) is 0.786. The van der Waals surface area contributed by atoms with Crippen LogP contribution in [0.5, 0.6) is 0 Å². The van der Waals surface area contributed by atoms with Crippen LogP contribution in [0, 0.1) is 0 Å². The molecule has 0 bridgehead atoms. The van der Waals surface area contributed by atoms with Crippen LogP contribution in [-0.2, 0) is 17.8 Å². The van der Waals surface area contributed by atoms with Gasteiger partial charge in [-0.25, -0.2) is 14.7 Å². The lowest BCUT2D eigenvalue weighted by Crippen LogP contribution is -2.43. The zero-order chi connectivity index (χ0) is 18.9.